The molecule has 0 aliphatic carbocycles. The second-order valence-electron chi connectivity index (χ2n) is 12.2. The lowest BCUT2D eigenvalue weighted by Gasteiger charge is -2.29. The highest BCUT2D eigenvalue weighted by Gasteiger charge is 2.50. The Balaban J connectivity index is 1.82. The van der Waals surface area contributed by atoms with Gasteiger partial charge in [-0.05, 0) is 55.5 Å². The number of rotatable bonds is 20. The van der Waals surface area contributed by atoms with Crippen molar-refractivity contribution in [3.8, 4) is 0 Å². The molecule has 0 radical (unpaired) electrons. The number of morpholine rings is 1. The average molecular weight is 741 g/mol. The number of Topliss-reactive ketones (excluding diaryl/α,β-unsaturated/α-hetero) is 1. The fourth-order valence-corrected chi connectivity index (χ4v) is 5.14. The smallest absolute Gasteiger partial charge is 0.243 e. The first-order chi connectivity index (χ1) is 33.0. The minimum atomic E-state index is -3.81. The second-order valence-corrected chi connectivity index (χ2v) is 12.2. The fourth-order valence-electron chi connectivity index (χ4n) is 5.14. The number of nitrogens with one attached hydrogen (secondary N) is 4. The largest absolute Gasteiger partial charge is 0.379 e. The molecule has 4 N–H and O–H groups in total. The summed E-state index contributed by atoms with van der Waals surface area (Å²) in [6.07, 6.45) is -4.40. The molecule has 52 heavy (non-hydrogen) atoms. The van der Waals surface area contributed by atoms with Crippen LogP contribution in [0.2, 0.25) is 0 Å². The van der Waals surface area contributed by atoms with Crippen LogP contribution >= 0.6 is 0 Å². The summed E-state index contributed by atoms with van der Waals surface area (Å²) in [5.41, 5.74) is -1.85. The number of amides is 4. The molecule has 4 rings (SSSR count). The van der Waals surface area contributed by atoms with E-state index >= 15 is 0 Å². The van der Waals surface area contributed by atoms with E-state index in [0.29, 0.717) is 10.5 Å². The molecule has 2 aromatic carbocycles. The van der Waals surface area contributed by atoms with Crippen molar-refractivity contribution < 1.29 is 62.2 Å². The van der Waals surface area contributed by atoms with Gasteiger partial charge in [0.25, 0.3) is 0 Å². The van der Waals surface area contributed by atoms with Crippen molar-refractivity contribution in [2.45, 2.75) is 96.2 Å². The topological polar surface area (TPSA) is 158 Å². The minimum Gasteiger partial charge on any atom is -0.379 e. The van der Waals surface area contributed by atoms with E-state index in [1.165, 1.54) is 30.3 Å². The summed E-state index contributed by atoms with van der Waals surface area (Å²) in [6.45, 7) is -24.5. The van der Waals surface area contributed by atoms with Crippen LogP contribution in [0.5, 0.6) is 0 Å². The summed E-state index contributed by atoms with van der Waals surface area (Å²) in [6, 6.07) is 5.65. The van der Waals surface area contributed by atoms with E-state index in [1.54, 1.807) is 30.3 Å². The third-order valence-corrected chi connectivity index (χ3v) is 7.93. The standard InChI is InChI=1S/C40H57N5O7/c1-27(2)22-32(36(47)40(5)26-52-40)42-39(50)34(24-30-14-10-7-11-15-30)44-38(49)33(23-28(3)4)43-37(48)31(17-16-29-12-8-6-9-13-29)41-35(46)25-45-18-20-51-21-19-45/h6-15,27-28,31-34H,16-26H2,1-5H3,(H,41,46)(H,42,50)(H,43,48)(H,44,49)/t31-,32+,33-,34-,40+/m0/s1/i1D3,2D3,3D3,4D3,18D2,19D2,26D2,27D,28D,32D. The van der Waals surface area contributed by atoms with Crippen LogP contribution < -0.4 is 21.3 Å². The molecule has 0 bridgehead atoms. The zero-order valence-electron chi connectivity index (χ0n) is 49.5. The molecule has 2 aliphatic rings. The maximum absolute atomic E-state index is 14.7. The molecule has 0 unspecified atom stereocenters. The van der Waals surface area contributed by atoms with Gasteiger partial charge >= 0.3 is 0 Å². The summed E-state index contributed by atoms with van der Waals surface area (Å²) in [5, 5.41) is 8.59. The highest BCUT2D eigenvalue weighted by molar-refractivity contribution is 5.98. The van der Waals surface area contributed by atoms with Gasteiger partial charge in [0, 0.05) is 44.1 Å². The molecule has 12 nitrogen and oxygen atoms in total. The van der Waals surface area contributed by atoms with Gasteiger partial charge in [-0.2, -0.15) is 0 Å². The van der Waals surface area contributed by atoms with Gasteiger partial charge < -0.3 is 30.7 Å². The van der Waals surface area contributed by atoms with Crippen molar-refractivity contribution in [1.29, 1.82) is 0 Å². The Morgan fingerprint density at radius 3 is 1.96 bits per heavy atom. The van der Waals surface area contributed by atoms with E-state index in [1.807, 2.05) is 5.32 Å². The monoisotopic (exact) mass is 741 g/mol. The van der Waals surface area contributed by atoms with Crippen molar-refractivity contribution in [2.75, 3.05) is 39.3 Å². The Morgan fingerprint density at radius 1 is 0.788 bits per heavy atom. The van der Waals surface area contributed by atoms with Gasteiger partial charge in [-0.15, -0.1) is 0 Å². The van der Waals surface area contributed by atoms with Crippen molar-refractivity contribution >= 4 is 29.4 Å². The van der Waals surface area contributed by atoms with Gasteiger partial charge in [-0.25, -0.2) is 0 Å². The average Bonchev–Trinajstić information content (AvgIpc) is 3.78. The highest BCUT2D eigenvalue weighted by Crippen LogP contribution is 2.29. The van der Waals surface area contributed by atoms with Crippen molar-refractivity contribution in [1.82, 2.24) is 26.2 Å². The lowest BCUT2D eigenvalue weighted by molar-refractivity contribution is -0.135. The summed E-state index contributed by atoms with van der Waals surface area (Å²) in [7, 11) is 0. The van der Waals surface area contributed by atoms with Crippen LogP contribution in [0, 0.1) is 11.8 Å². The number of aryl methyl sites for hydroxylation is 1. The number of benzene rings is 2. The van der Waals surface area contributed by atoms with Crippen LogP contribution in [-0.4, -0.2) is 103 Å². The van der Waals surface area contributed by atoms with Crippen LogP contribution in [0.4, 0.5) is 0 Å². The maximum Gasteiger partial charge on any atom is 0.243 e. The zero-order valence-corrected chi connectivity index (χ0v) is 28.5. The van der Waals surface area contributed by atoms with Gasteiger partial charge in [0.1, 0.15) is 23.7 Å². The third-order valence-electron chi connectivity index (χ3n) is 7.93. The molecule has 4 amide bonds. The van der Waals surface area contributed by atoms with Crippen LogP contribution in [0.1, 0.15) is 93.5 Å². The minimum absolute atomic E-state index is 0.00389. The molecule has 2 fully saturated rings. The Bertz CT molecular complexity index is 2270. The summed E-state index contributed by atoms with van der Waals surface area (Å²) < 4.78 is 182. The predicted octanol–water partition coefficient (Wildman–Crippen LogP) is 2.58. The third kappa shape index (κ3) is 13.1. The molecule has 12 heteroatoms. The molecule has 0 spiro atoms. The summed E-state index contributed by atoms with van der Waals surface area (Å²) in [5.74, 6) is -14.7. The number of hydrogen-bond donors (Lipinski definition) is 4. The van der Waals surface area contributed by atoms with Crippen LogP contribution in [0.25, 0.3) is 0 Å². The first-order valence-corrected chi connectivity index (χ1v) is 16.4. The molecular weight excluding hydrogens is 662 g/mol. The Labute approximate surface area is 337 Å². The van der Waals surface area contributed by atoms with E-state index in [4.69, 9.17) is 36.9 Å². The molecule has 0 aromatic heterocycles. The van der Waals surface area contributed by atoms with E-state index in [2.05, 4.69) is 16.0 Å². The number of hydrogen-bond acceptors (Lipinski definition) is 8. The number of ether oxygens (including phenoxy) is 2. The summed E-state index contributed by atoms with van der Waals surface area (Å²) >= 11 is 0. The number of carbonyl (C=O) groups is 5. The first kappa shape index (κ1) is 20.4. The normalized spacial score (nSPS) is 30.4. The molecule has 0 saturated carbocycles. The van der Waals surface area contributed by atoms with Crippen molar-refractivity contribution in [2.24, 2.45) is 11.8 Å². The highest BCUT2D eigenvalue weighted by atomic mass is 16.6. The second kappa shape index (κ2) is 19.6. The summed E-state index contributed by atoms with van der Waals surface area (Å²) in [4.78, 5) is 72.0. The van der Waals surface area contributed by atoms with E-state index in [9.17, 15) is 25.3 Å². The number of carbonyl (C=O) groups excluding carboxylic acids is 5. The van der Waals surface area contributed by atoms with E-state index < -0.39 is 157 Å². The lowest BCUT2D eigenvalue weighted by atomic mass is 9.93. The van der Waals surface area contributed by atoms with Gasteiger partial charge in [-0.1, -0.05) is 88.1 Å². The zero-order chi connectivity index (χ0) is 55.8. The van der Waals surface area contributed by atoms with Crippen molar-refractivity contribution in [3.05, 3.63) is 71.8 Å². The molecule has 2 saturated heterocycles. The fraction of sp³-hybridized carbons (Fsp3) is 0.575. The molecule has 5 atom stereocenters. The Hall–Kier alpha value is -4.13. The molecule has 2 heterocycles. The Kier molecular flexibility index (Phi) is 7.69. The number of nitrogens with zero attached hydrogens (tertiary/aromatic N) is 1. The van der Waals surface area contributed by atoms with Gasteiger partial charge in [0.2, 0.25) is 23.6 Å². The molecule has 2 aromatic rings. The van der Waals surface area contributed by atoms with Gasteiger partial charge in [0.15, 0.2) is 5.78 Å². The van der Waals surface area contributed by atoms with Crippen LogP contribution in [0.3, 0.4) is 0 Å². The lowest BCUT2D eigenvalue weighted by Crippen LogP contribution is -2.59. The first-order valence-electron chi connectivity index (χ1n) is 26.9. The number of epoxide rings is 1. The van der Waals surface area contributed by atoms with Gasteiger partial charge in [-0.3, -0.25) is 28.9 Å². The molecule has 2 aliphatic heterocycles. The van der Waals surface area contributed by atoms with E-state index in [-0.39, 0.29) is 18.4 Å². The van der Waals surface area contributed by atoms with Crippen LogP contribution in [0.15, 0.2) is 60.7 Å². The van der Waals surface area contributed by atoms with Crippen LogP contribution in [-0.2, 0) is 46.3 Å². The molecule has 284 valence electrons. The number of ketones is 1. The maximum atomic E-state index is 14.7. The van der Waals surface area contributed by atoms with E-state index in [0.717, 1.165) is 6.92 Å². The molecular formula is C40H57N5O7. The Morgan fingerprint density at radius 2 is 1.35 bits per heavy atom. The predicted molar refractivity (Wildman–Crippen MR) is 198 cm³/mol. The van der Waals surface area contributed by atoms with Crippen molar-refractivity contribution in [3.63, 3.8) is 0 Å². The SMILES string of the molecule is [2H]C1([2H])COCC([2H])([2H])N1CC(=O)N[C@@H](CCc1ccccc1)C(=O)N[C@@H](CC([2H])(C([2H])([2H])[2H])C([2H])([2H])[2H])C(=O)N[C@@H](Cc1ccccc1)C(=O)N[C@]([2H])(CC([2H])(C([2H])([2H])[2H])C([2H])([2H])[2H])C(=O)[C@]1(C)OC1([2H])[2H]. The van der Waals surface area contributed by atoms with Gasteiger partial charge in [0.05, 0.1) is 36.4 Å². The quantitative estimate of drug-likeness (QED) is 0.151.